The summed E-state index contributed by atoms with van der Waals surface area (Å²) in [6.45, 7) is 7.52. The van der Waals surface area contributed by atoms with Crippen LogP contribution in [-0.2, 0) is 4.79 Å². The fourth-order valence-electron chi connectivity index (χ4n) is 3.24. The fraction of sp³-hybridized carbons (Fsp3) is 0.929. The van der Waals surface area contributed by atoms with Crippen molar-refractivity contribution in [2.75, 3.05) is 19.6 Å². The van der Waals surface area contributed by atoms with Gasteiger partial charge in [0.2, 0.25) is 5.91 Å². The molecular formula is C14H26N2O. The first-order valence-corrected chi connectivity index (χ1v) is 7.08. The monoisotopic (exact) mass is 238 g/mol. The van der Waals surface area contributed by atoms with E-state index in [0.717, 1.165) is 26.1 Å². The first-order chi connectivity index (χ1) is 8.09. The summed E-state index contributed by atoms with van der Waals surface area (Å²) >= 11 is 0. The summed E-state index contributed by atoms with van der Waals surface area (Å²) in [5.41, 5.74) is 0.191. The smallest absolute Gasteiger partial charge is 0.223 e. The average Bonchev–Trinajstić information content (AvgIpc) is 2.78. The van der Waals surface area contributed by atoms with Crippen molar-refractivity contribution in [3.05, 3.63) is 0 Å². The first-order valence-electron chi connectivity index (χ1n) is 7.08. The van der Waals surface area contributed by atoms with Crippen LogP contribution in [0.2, 0.25) is 0 Å². The Hall–Kier alpha value is -0.570. The van der Waals surface area contributed by atoms with Gasteiger partial charge in [0.05, 0.1) is 0 Å². The lowest BCUT2D eigenvalue weighted by Gasteiger charge is -2.37. The highest BCUT2D eigenvalue weighted by Gasteiger charge is 2.37. The van der Waals surface area contributed by atoms with Gasteiger partial charge >= 0.3 is 0 Å². The van der Waals surface area contributed by atoms with Gasteiger partial charge in [0.1, 0.15) is 0 Å². The molecule has 2 atom stereocenters. The van der Waals surface area contributed by atoms with Crippen LogP contribution in [0.15, 0.2) is 0 Å². The standard InChI is InChI=1S/C14H26N2O/c1-14(2)7-4-3-5-12(14)13(17)16-10-11-6-8-15-9-11/h11-12,15H,3-10H2,1-2H3,(H,16,17). The zero-order valence-electron chi connectivity index (χ0n) is 11.2. The summed E-state index contributed by atoms with van der Waals surface area (Å²) in [7, 11) is 0. The number of amides is 1. The van der Waals surface area contributed by atoms with Gasteiger partial charge in [-0.2, -0.15) is 0 Å². The van der Waals surface area contributed by atoms with E-state index in [1.165, 1.54) is 25.7 Å². The van der Waals surface area contributed by atoms with Gasteiger partial charge in [0, 0.05) is 12.5 Å². The van der Waals surface area contributed by atoms with Crippen molar-refractivity contribution < 1.29 is 4.79 Å². The number of carbonyl (C=O) groups is 1. The molecule has 0 aromatic rings. The fourth-order valence-corrected chi connectivity index (χ4v) is 3.24. The van der Waals surface area contributed by atoms with Crippen molar-refractivity contribution >= 4 is 5.91 Å². The molecule has 1 amide bonds. The quantitative estimate of drug-likeness (QED) is 0.789. The molecular weight excluding hydrogens is 212 g/mol. The molecule has 1 aliphatic heterocycles. The molecule has 0 radical (unpaired) electrons. The summed E-state index contributed by atoms with van der Waals surface area (Å²) < 4.78 is 0. The van der Waals surface area contributed by atoms with Gasteiger partial charge in [0.25, 0.3) is 0 Å². The van der Waals surface area contributed by atoms with E-state index in [0.29, 0.717) is 11.8 Å². The topological polar surface area (TPSA) is 41.1 Å². The Kier molecular flexibility index (Phi) is 4.08. The lowest BCUT2D eigenvalue weighted by atomic mass is 9.68. The largest absolute Gasteiger partial charge is 0.356 e. The second kappa shape index (κ2) is 5.38. The van der Waals surface area contributed by atoms with E-state index in [-0.39, 0.29) is 11.3 Å². The number of nitrogens with one attached hydrogen (secondary N) is 2. The van der Waals surface area contributed by atoms with Gasteiger partial charge < -0.3 is 10.6 Å². The second-order valence-electron chi connectivity index (χ2n) is 6.39. The maximum absolute atomic E-state index is 12.2. The summed E-state index contributed by atoms with van der Waals surface area (Å²) in [6, 6.07) is 0. The van der Waals surface area contributed by atoms with E-state index in [4.69, 9.17) is 0 Å². The molecule has 1 saturated carbocycles. The SMILES string of the molecule is CC1(C)CCCCC1C(=O)NCC1CCNC1. The lowest BCUT2D eigenvalue weighted by Crippen LogP contribution is -2.42. The van der Waals surface area contributed by atoms with E-state index in [9.17, 15) is 4.79 Å². The lowest BCUT2D eigenvalue weighted by molar-refractivity contribution is -0.130. The van der Waals surface area contributed by atoms with E-state index in [1.807, 2.05) is 0 Å². The van der Waals surface area contributed by atoms with Crippen molar-refractivity contribution in [1.82, 2.24) is 10.6 Å². The minimum absolute atomic E-state index is 0.191. The molecule has 1 aliphatic carbocycles. The third kappa shape index (κ3) is 3.21. The first kappa shape index (κ1) is 12.9. The molecule has 1 heterocycles. The highest BCUT2D eigenvalue weighted by molar-refractivity contribution is 5.79. The third-order valence-corrected chi connectivity index (χ3v) is 4.55. The molecule has 0 aromatic carbocycles. The molecule has 1 saturated heterocycles. The Morgan fingerprint density at radius 3 is 2.82 bits per heavy atom. The van der Waals surface area contributed by atoms with Gasteiger partial charge in [-0.05, 0) is 43.7 Å². The van der Waals surface area contributed by atoms with Gasteiger partial charge in [-0.1, -0.05) is 26.7 Å². The van der Waals surface area contributed by atoms with Gasteiger partial charge in [0.15, 0.2) is 0 Å². The normalized spacial score (nSPS) is 32.4. The Morgan fingerprint density at radius 2 is 2.18 bits per heavy atom. The van der Waals surface area contributed by atoms with E-state index in [1.54, 1.807) is 0 Å². The van der Waals surface area contributed by atoms with Crippen LogP contribution < -0.4 is 10.6 Å². The molecule has 2 fully saturated rings. The number of rotatable bonds is 3. The van der Waals surface area contributed by atoms with Crippen molar-refractivity contribution in [3.63, 3.8) is 0 Å². The maximum atomic E-state index is 12.2. The molecule has 2 rings (SSSR count). The van der Waals surface area contributed by atoms with Gasteiger partial charge in [-0.25, -0.2) is 0 Å². The predicted octanol–water partition coefficient (Wildman–Crippen LogP) is 1.93. The van der Waals surface area contributed by atoms with E-state index < -0.39 is 0 Å². The minimum atomic E-state index is 0.191. The Bertz CT molecular complexity index is 269. The van der Waals surface area contributed by atoms with E-state index in [2.05, 4.69) is 24.5 Å². The molecule has 3 nitrogen and oxygen atoms in total. The van der Waals surface area contributed by atoms with Crippen molar-refractivity contribution in [2.45, 2.75) is 46.0 Å². The average molecular weight is 238 g/mol. The third-order valence-electron chi connectivity index (χ3n) is 4.55. The minimum Gasteiger partial charge on any atom is -0.356 e. The Morgan fingerprint density at radius 1 is 1.35 bits per heavy atom. The highest BCUT2D eigenvalue weighted by atomic mass is 16.1. The summed E-state index contributed by atoms with van der Waals surface area (Å²) in [6.07, 6.45) is 5.96. The van der Waals surface area contributed by atoms with Gasteiger partial charge in [-0.3, -0.25) is 4.79 Å². The molecule has 2 aliphatic rings. The number of carbonyl (C=O) groups excluding carboxylic acids is 1. The summed E-state index contributed by atoms with van der Waals surface area (Å²) in [4.78, 5) is 12.2. The zero-order chi connectivity index (χ0) is 12.3. The summed E-state index contributed by atoms with van der Waals surface area (Å²) in [5, 5.41) is 6.51. The van der Waals surface area contributed by atoms with Crippen molar-refractivity contribution in [1.29, 1.82) is 0 Å². The zero-order valence-corrected chi connectivity index (χ0v) is 11.2. The molecule has 0 spiro atoms. The van der Waals surface area contributed by atoms with Crippen LogP contribution in [0.4, 0.5) is 0 Å². The van der Waals surface area contributed by atoms with Crippen molar-refractivity contribution in [2.24, 2.45) is 17.3 Å². The van der Waals surface area contributed by atoms with Crippen LogP contribution in [0.5, 0.6) is 0 Å². The van der Waals surface area contributed by atoms with Gasteiger partial charge in [-0.15, -0.1) is 0 Å². The molecule has 2 unspecified atom stereocenters. The molecule has 0 aromatic heterocycles. The number of hydrogen-bond acceptors (Lipinski definition) is 2. The van der Waals surface area contributed by atoms with Crippen LogP contribution in [0.3, 0.4) is 0 Å². The Labute approximate surface area is 105 Å². The molecule has 0 bridgehead atoms. The Balaban J connectivity index is 1.81. The molecule has 3 heteroatoms. The van der Waals surface area contributed by atoms with Crippen LogP contribution in [0.25, 0.3) is 0 Å². The highest BCUT2D eigenvalue weighted by Crippen LogP contribution is 2.40. The van der Waals surface area contributed by atoms with Crippen LogP contribution in [-0.4, -0.2) is 25.5 Å². The predicted molar refractivity (Wildman–Crippen MR) is 69.7 cm³/mol. The van der Waals surface area contributed by atoms with Crippen molar-refractivity contribution in [3.8, 4) is 0 Å². The molecule has 17 heavy (non-hydrogen) atoms. The van der Waals surface area contributed by atoms with E-state index >= 15 is 0 Å². The van der Waals surface area contributed by atoms with Crippen LogP contribution >= 0.6 is 0 Å². The summed E-state index contributed by atoms with van der Waals surface area (Å²) in [5.74, 6) is 1.16. The van der Waals surface area contributed by atoms with Crippen LogP contribution in [0.1, 0.15) is 46.0 Å². The second-order valence-corrected chi connectivity index (χ2v) is 6.39. The molecule has 98 valence electrons. The maximum Gasteiger partial charge on any atom is 0.223 e. The molecule has 2 N–H and O–H groups in total. The van der Waals surface area contributed by atoms with Crippen LogP contribution in [0, 0.1) is 17.3 Å². The number of hydrogen-bond donors (Lipinski definition) is 2.